The number of fused-ring (bicyclic) bond motifs is 1. The molecule has 0 fully saturated rings. The molecule has 8 nitrogen and oxygen atoms in total. The molecule has 3 rings (SSSR count). The van der Waals surface area contributed by atoms with E-state index < -0.39 is 36.8 Å². The van der Waals surface area contributed by atoms with E-state index in [0.29, 0.717) is 15.7 Å². The molecule has 0 saturated heterocycles. The van der Waals surface area contributed by atoms with Crippen molar-refractivity contribution in [1.29, 1.82) is 0 Å². The SMILES string of the molecule is COc1ccc(Cl)cc1NC(=O)COC(=O)CN1C(=O)c2c(Cl)c(Cl)c(Cl)c(Cl)c2C1=O. The van der Waals surface area contributed by atoms with Crippen LogP contribution in [0.25, 0.3) is 0 Å². The summed E-state index contributed by atoms with van der Waals surface area (Å²) in [4.78, 5) is 50.1. The lowest BCUT2D eigenvalue weighted by Gasteiger charge is -2.14. The van der Waals surface area contributed by atoms with Crippen LogP contribution < -0.4 is 10.1 Å². The summed E-state index contributed by atoms with van der Waals surface area (Å²) in [7, 11) is 1.40. The van der Waals surface area contributed by atoms with Gasteiger partial charge in [0.1, 0.15) is 12.3 Å². The molecule has 2 aromatic carbocycles. The molecule has 0 bridgehead atoms. The lowest BCUT2D eigenvalue weighted by molar-refractivity contribution is -0.147. The van der Waals surface area contributed by atoms with Crippen molar-refractivity contribution < 1.29 is 28.7 Å². The van der Waals surface area contributed by atoms with Crippen LogP contribution in [-0.4, -0.2) is 48.9 Å². The van der Waals surface area contributed by atoms with Gasteiger partial charge < -0.3 is 14.8 Å². The highest BCUT2D eigenvalue weighted by Crippen LogP contribution is 2.44. The first kappa shape index (κ1) is 24.4. The highest BCUT2D eigenvalue weighted by Gasteiger charge is 2.42. The summed E-state index contributed by atoms with van der Waals surface area (Å²) in [6.45, 7) is -1.49. The number of halogens is 5. The van der Waals surface area contributed by atoms with Gasteiger partial charge in [-0.1, -0.05) is 58.0 Å². The minimum absolute atomic E-state index is 0.198. The average Bonchev–Trinajstić information content (AvgIpc) is 3.00. The van der Waals surface area contributed by atoms with Gasteiger partial charge in [-0.25, -0.2) is 0 Å². The van der Waals surface area contributed by atoms with Gasteiger partial charge in [0.2, 0.25) is 0 Å². The monoisotopic (exact) mass is 538 g/mol. The van der Waals surface area contributed by atoms with E-state index in [9.17, 15) is 19.2 Å². The number of carbonyl (C=O) groups is 4. The summed E-state index contributed by atoms with van der Waals surface area (Å²) < 4.78 is 9.96. The molecule has 0 unspecified atom stereocenters. The van der Waals surface area contributed by atoms with Crippen molar-refractivity contribution >= 4 is 87.4 Å². The second-order valence-electron chi connectivity index (χ2n) is 6.26. The summed E-state index contributed by atoms with van der Waals surface area (Å²) in [6.07, 6.45) is 0. The number of amides is 3. The van der Waals surface area contributed by atoms with E-state index in [1.54, 1.807) is 12.1 Å². The lowest BCUT2D eigenvalue weighted by Crippen LogP contribution is -2.36. The van der Waals surface area contributed by atoms with E-state index in [1.807, 2.05) is 0 Å². The van der Waals surface area contributed by atoms with E-state index in [0.717, 1.165) is 0 Å². The van der Waals surface area contributed by atoms with Gasteiger partial charge in [-0.2, -0.15) is 0 Å². The van der Waals surface area contributed by atoms with Crippen LogP contribution in [0.15, 0.2) is 18.2 Å². The fraction of sp³-hybridized carbons (Fsp3) is 0.158. The summed E-state index contributed by atoms with van der Waals surface area (Å²) in [5.74, 6) is -3.20. The van der Waals surface area contributed by atoms with Crippen LogP contribution in [0.1, 0.15) is 20.7 Å². The van der Waals surface area contributed by atoms with Crippen LogP contribution >= 0.6 is 58.0 Å². The molecule has 32 heavy (non-hydrogen) atoms. The highest BCUT2D eigenvalue weighted by atomic mass is 35.5. The minimum atomic E-state index is -1.03. The predicted molar refractivity (Wildman–Crippen MR) is 119 cm³/mol. The number of esters is 1. The largest absolute Gasteiger partial charge is 0.495 e. The van der Waals surface area contributed by atoms with Gasteiger partial charge in [0.15, 0.2) is 6.61 Å². The van der Waals surface area contributed by atoms with Crippen molar-refractivity contribution in [1.82, 2.24) is 4.90 Å². The Kier molecular flexibility index (Phi) is 7.42. The maximum atomic E-state index is 12.6. The molecule has 1 heterocycles. The van der Waals surface area contributed by atoms with E-state index in [-0.39, 0.29) is 36.9 Å². The van der Waals surface area contributed by atoms with Crippen LogP contribution in [0.2, 0.25) is 25.1 Å². The Bertz CT molecular complexity index is 1120. The Labute approximate surface area is 206 Å². The molecule has 1 N–H and O–H groups in total. The maximum Gasteiger partial charge on any atom is 0.326 e. The Morgan fingerprint density at radius 3 is 2.03 bits per heavy atom. The zero-order chi connectivity index (χ0) is 23.7. The molecule has 0 saturated carbocycles. The van der Waals surface area contributed by atoms with E-state index >= 15 is 0 Å². The van der Waals surface area contributed by atoms with Crippen LogP contribution in [0, 0.1) is 0 Å². The van der Waals surface area contributed by atoms with E-state index in [2.05, 4.69) is 5.32 Å². The molecule has 0 spiro atoms. The van der Waals surface area contributed by atoms with E-state index in [1.165, 1.54) is 13.2 Å². The van der Waals surface area contributed by atoms with Gasteiger partial charge in [0.05, 0.1) is 44.0 Å². The van der Waals surface area contributed by atoms with Crippen molar-refractivity contribution in [2.75, 3.05) is 25.6 Å². The number of methoxy groups -OCH3 is 1. The van der Waals surface area contributed by atoms with Gasteiger partial charge in [-0.15, -0.1) is 0 Å². The summed E-state index contributed by atoms with van der Waals surface area (Å²) >= 11 is 29.8. The Morgan fingerprint density at radius 1 is 0.938 bits per heavy atom. The Hall–Kier alpha value is -2.23. The topological polar surface area (TPSA) is 102 Å². The fourth-order valence-corrected chi connectivity index (χ4v) is 4.01. The lowest BCUT2D eigenvalue weighted by atomic mass is 10.1. The fourth-order valence-electron chi connectivity index (χ4n) is 2.82. The molecule has 0 aromatic heterocycles. The second kappa shape index (κ2) is 9.72. The van der Waals surface area contributed by atoms with Gasteiger partial charge in [0, 0.05) is 5.02 Å². The normalized spacial score (nSPS) is 12.6. The quantitative estimate of drug-likeness (QED) is 0.246. The number of nitrogens with one attached hydrogen (secondary N) is 1. The first-order valence-electron chi connectivity index (χ1n) is 8.58. The number of carbonyl (C=O) groups excluding carboxylic acids is 4. The maximum absolute atomic E-state index is 12.6. The number of hydrogen-bond donors (Lipinski definition) is 1. The number of rotatable bonds is 6. The van der Waals surface area contributed by atoms with Gasteiger partial charge in [-0.3, -0.25) is 24.1 Å². The van der Waals surface area contributed by atoms with Crippen molar-refractivity contribution in [3.8, 4) is 5.75 Å². The molecule has 1 aliphatic heterocycles. The van der Waals surface area contributed by atoms with Crippen molar-refractivity contribution in [3.05, 3.63) is 54.4 Å². The second-order valence-corrected chi connectivity index (χ2v) is 8.20. The summed E-state index contributed by atoms with van der Waals surface area (Å²) in [5, 5.41) is 1.90. The number of ether oxygens (including phenoxy) is 2. The summed E-state index contributed by atoms with van der Waals surface area (Å²) in [5.41, 5.74) is -0.274. The summed E-state index contributed by atoms with van der Waals surface area (Å²) in [6, 6.07) is 4.56. The van der Waals surface area contributed by atoms with Crippen molar-refractivity contribution in [3.63, 3.8) is 0 Å². The standard InChI is InChI=1S/C19H11Cl5N2O6/c1-31-9-3-2-7(20)4-8(9)25-10(27)6-32-11(28)5-26-18(29)12-13(19(26)30)15(22)17(24)16(23)14(12)21/h2-4H,5-6H2,1H3,(H,25,27). The van der Waals surface area contributed by atoms with Crippen LogP contribution in [-0.2, 0) is 14.3 Å². The number of benzene rings is 2. The first-order valence-corrected chi connectivity index (χ1v) is 10.5. The third-order valence-electron chi connectivity index (χ3n) is 4.27. The molecule has 0 atom stereocenters. The predicted octanol–water partition coefficient (Wildman–Crippen LogP) is 4.74. The first-order chi connectivity index (χ1) is 15.1. The van der Waals surface area contributed by atoms with Crippen LogP contribution in [0.3, 0.4) is 0 Å². The Balaban J connectivity index is 1.66. The van der Waals surface area contributed by atoms with E-state index in [4.69, 9.17) is 67.5 Å². The number of hydrogen-bond acceptors (Lipinski definition) is 6. The van der Waals surface area contributed by atoms with Crippen molar-refractivity contribution in [2.24, 2.45) is 0 Å². The van der Waals surface area contributed by atoms with Gasteiger partial charge in [-0.05, 0) is 18.2 Å². The zero-order valence-corrected chi connectivity index (χ0v) is 19.7. The van der Waals surface area contributed by atoms with Gasteiger partial charge >= 0.3 is 5.97 Å². The average molecular weight is 541 g/mol. The third-order valence-corrected chi connectivity index (χ3v) is 6.31. The third kappa shape index (κ3) is 4.60. The number of imide groups is 1. The van der Waals surface area contributed by atoms with Gasteiger partial charge in [0.25, 0.3) is 17.7 Å². The molecule has 2 aromatic rings. The molecule has 13 heteroatoms. The molecule has 0 aliphatic carbocycles. The Morgan fingerprint density at radius 2 is 1.50 bits per heavy atom. The van der Waals surface area contributed by atoms with Crippen LogP contribution in [0.4, 0.5) is 5.69 Å². The highest BCUT2D eigenvalue weighted by molar-refractivity contribution is 6.55. The molecule has 0 radical (unpaired) electrons. The molecule has 3 amide bonds. The van der Waals surface area contributed by atoms with Crippen LogP contribution in [0.5, 0.6) is 5.75 Å². The number of anilines is 1. The smallest absolute Gasteiger partial charge is 0.326 e. The molecule has 1 aliphatic rings. The number of nitrogens with zero attached hydrogens (tertiary/aromatic N) is 1. The molecular weight excluding hydrogens is 529 g/mol. The molecular formula is C19H11Cl5N2O6. The van der Waals surface area contributed by atoms with Crippen molar-refractivity contribution in [2.45, 2.75) is 0 Å². The minimum Gasteiger partial charge on any atom is -0.495 e. The molecule has 168 valence electrons. The zero-order valence-electron chi connectivity index (χ0n) is 15.9.